The number of carboxylic acids is 1. The fourth-order valence-corrected chi connectivity index (χ4v) is 3.73. The smallest absolute Gasteiger partial charge is 0.545 e. The summed E-state index contributed by atoms with van der Waals surface area (Å²) in [5, 5.41) is 11.4. The largest absolute Gasteiger partial charge is 1.00 e. The number of ether oxygens (including phenoxy) is 1. The van der Waals surface area contributed by atoms with E-state index in [-0.39, 0.29) is 53.8 Å². The number of nitrogens with zero attached hydrogens (tertiary/aromatic N) is 2. The summed E-state index contributed by atoms with van der Waals surface area (Å²) in [6, 6.07) is 7.21. The zero-order valence-electron chi connectivity index (χ0n) is 17.4. The predicted octanol–water partition coefficient (Wildman–Crippen LogP) is 0.398. The molecule has 0 aliphatic carbocycles. The molecule has 4 rings (SSSR count). The van der Waals surface area contributed by atoms with Gasteiger partial charge >= 0.3 is 29.6 Å². The molecule has 0 fully saturated rings. The zero-order valence-corrected chi connectivity index (χ0v) is 19.4. The molecule has 1 aromatic heterocycles. The fourth-order valence-electron chi connectivity index (χ4n) is 3.73. The van der Waals surface area contributed by atoms with Gasteiger partial charge in [0, 0.05) is 42.0 Å². The van der Waals surface area contributed by atoms with Crippen molar-refractivity contribution >= 4 is 11.7 Å². The third kappa shape index (κ3) is 5.26. The van der Waals surface area contributed by atoms with Crippen LogP contribution in [0, 0.1) is 17.5 Å². The van der Waals surface area contributed by atoms with Gasteiger partial charge in [-0.2, -0.15) is 0 Å². The average Bonchev–Trinajstić information content (AvgIpc) is 2.74. The molecule has 0 saturated carbocycles. The molecule has 0 unspecified atom stereocenters. The Morgan fingerprint density at radius 2 is 1.81 bits per heavy atom. The Morgan fingerprint density at radius 3 is 2.56 bits per heavy atom. The second-order valence-electron chi connectivity index (χ2n) is 7.27. The minimum atomic E-state index is -1.29. The number of halogens is 3. The maximum atomic E-state index is 14.0. The van der Waals surface area contributed by atoms with Gasteiger partial charge in [0.1, 0.15) is 29.8 Å². The molecule has 0 atom stereocenters. The van der Waals surface area contributed by atoms with Crippen LogP contribution in [0.5, 0.6) is 5.75 Å². The summed E-state index contributed by atoms with van der Waals surface area (Å²) in [4.78, 5) is 17.3. The van der Waals surface area contributed by atoms with Crippen LogP contribution < -0.4 is 44.3 Å². The van der Waals surface area contributed by atoms with Gasteiger partial charge in [0.05, 0.1) is 17.9 Å². The van der Waals surface area contributed by atoms with Crippen LogP contribution in [0.3, 0.4) is 0 Å². The van der Waals surface area contributed by atoms with Gasteiger partial charge in [0.2, 0.25) is 0 Å². The van der Waals surface area contributed by atoms with Gasteiger partial charge in [-0.1, -0.05) is 0 Å². The molecule has 0 saturated heterocycles. The fraction of sp³-hybridized carbons (Fsp3) is 0.217. The maximum Gasteiger partial charge on any atom is 1.00 e. The third-order valence-electron chi connectivity index (χ3n) is 5.23. The Balaban J connectivity index is 0.00000289. The number of benzene rings is 2. The Kier molecular flexibility index (Phi) is 7.82. The maximum absolute atomic E-state index is 14.0. The number of rotatable bonds is 6. The van der Waals surface area contributed by atoms with E-state index in [1.54, 1.807) is 6.20 Å². The van der Waals surface area contributed by atoms with Crippen molar-refractivity contribution in [1.82, 2.24) is 4.98 Å². The zero-order chi connectivity index (χ0) is 22.0. The average molecular weight is 450 g/mol. The number of pyridine rings is 1. The molecular weight excluding hydrogens is 432 g/mol. The molecule has 32 heavy (non-hydrogen) atoms. The Morgan fingerprint density at radius 1 is 1.06 bits per heavy atom. The first-order chi connectivity index (χ1) is 14.9. The summed E-state index contributed by atoms with van der Waals surface area (Å²) < 4.78 is 46.7. The SMILES string of the molecule is O=C([O-])c1cncc2c1CCCN2Cc1cc(F)ccc1OCc1ccc(F)cc1F.[Na+]. The number of hydrogen-bond acceptors (Lipinski definition) is 5. The number of carbonyl (C=O) groups is 1. The van der Waals surface area contributed by atoms with Crippen LogP contribution in [0.15, 0.2) is 48.8 Å². The van der Waals surface area contributed by atoms with Gasteiger partial charge in [0.25, 0.3) is 0 Å². The second kappa shape index (κ2) is 10.4. The summed E-state index contributed by atoms with van der Waals surface area (Å²) in [7, 11) is 0. The van der Waals surface area contributed by atoms with Gasteiger partial charge in [-0.25, -0.2) is 13.2 Å². The monoisotopic (exact) mass is 450 g/mol. The Bertz CT molecular complexity index is 1140. The van der Waals surface area contributed by atoms with Crippen LogP contribution in [0.2, 0.25) is 0 Å². The van der Waals surface area contributed by atoms with Crippen molar-refractivity contribution in [3.63, 3.8) is 0 Å². The molecule has 2 aromatic carbocycles. The molecule has 0 amide bonds. The molecule has 2 heterocycles. The first kappa shape index (κ1) is 24.1. The summed E-state index contributed by atoms with van der Waals surface area (Å²) in [6.07, 6.45) is 4.14. The van der Waals surface area contributed by atoms with Crippen molar-refractivity contribution < 1.29 is 57.4 Å². The van der Waals surface area contributed by atoms with Crippen molar-refractivity contribution in [2.75, 3.05) is 11.4 Å². The summed E-state index contributed by atoms with van der Waals surface area (Å²) in [5.74, 6) is -2.82. The normalized spacial score (nSPS) is 12.7. The summed E-state index contributed by atoms with van der Waals surface area (Å²) >= 11 is 0. The van der Waals surface area contributed by atoms with Gasteiger partial charge < -0.3 is 19.5 Å². The molecule has 0 N–H and O–H groups in total. The third-order valence-corrected chi connectivity index (χ3v) is 5.23. The van der Waals surface area contributed by atoms with E-state index in [9.17, 15) is 23.1 Å². The number of aromatic nitrogens is 1. The molecule has 3 aromatic rings. The van der Waals surface area contributed by atoms with E-state index in [0.29, 0.717) is 42.0 Å². The molecule has 0 bridgehead atoms. The van der Waals surface area contributed by atoms with Crippen LogP contribution in [0.25, 0.3) is 0 Å². The topological polar surface area (TPSA) is 65.5 Å². The van der Waals surface area contributed by atoms with E-state index in [1.165, 1.54) is 30.5 Å². The van der Waals surface area contributed by atoms with E-state index >= 15 is 0 Å². The van der Waals surface area contributed by atoms with Crippen molar-refractivity contribution in [3.05, 3.63) is 88.5 Å². The molecule has 160 valence electrons. The minimum Gasteiger partial charge on any atom is -0.545 e. The number of aromatic carboxylic acids is 1. The number of carbonyl (C=O) groups excluding carboxylic acids is 1. The number of fused-ring (bicyclic) bond motifs is 1. The molecule has 5 nitrogen and oxygen atoms in total. The summed E-state index contributed by atoms with van der Waals surface area (Å²) in [6.45, 7) is 0.704. The van der Waals surface area contributed by atoms with Gasteiger partial charge in [-0.05, 0) is 48.7 Å². The Labute approximate surface area is 205 Å². The first-order valence-electron chi connectivity index (χ1n) is 9.70. The number of carboxylic acid groups (broad SMARTS) is 1. The standard InChI is InChI=1S/C23H19F3N2O3.Na/c24-16-5-6-22(31-13-14-3-4-17(25)9-20(14)26)15(8-16)12-28-7-1-2-18-19(23(29)30)10-27-11-21(18)28;/h3-6,8-11H,1-2,7,12-13H2,(H,29,30);/q;+1/p-1. The number of hydrogen-bond donors (Lipinski definition) is 0. The minimum absolute atomic E-state index is 0. The van der Waals surface area contributed by atoms with E-state index in [0.717, 1.165) is 12.1 Å². The molecule has 1 aliphatic heterocycles. The first-order valence-corrected chi connectivity index (χ1v) is 9.70. The van der Waals surface area contributed by atoms with Gasteiger partial charge in [-0.15, -0.1) is 0 Å². The van der Waals surface area contributed by atoms with Crippen molar-refractivity contribution in [3.8, 4) is 5.75 Å². The van der Waals surface area contributed by atoms with Crippen LogP contribution in [-0.4, -0.2) is 17.5 Å². The van der Waals surface area contributed by atoms with Crippen LogP contribution >= 0.6 is 0 Å². The van der Waals surface area contributed by atoms with E-state index in [4.69, 9.17) is 4.74 Å². The second-order valence-corrected chi connectivity index (χ2v) is 7.27. The molecule has 9 heteroatoms. The molecule has 1 aliphatic rings. The van der Waals surface area contributed by atoms with Crippen LogP contribution in [-0.2, 0) is 19.6 Å². The Hall–Kier alpha value is -2.55. The van der Waals surface area contributed by atoms with Crippen molar-refractivity contribution in [2.45, 2.75) is 26.0 Å². The predicted molar refractivity (Wildman–Crippen MR) is 105 cm³/mol. The molecule has 0 radical (unpaired) electrons. The van der Waals surface area contributed by atoms with Crippen LogP contribution in [0.1, 0.15) is 33.5 Å². The summed E-state index contributed by atoms with van der Waals surface area (Å²) in [5.41, 5.74) is 2.00. The number of anilines is 1. The van der Waals surface area contributed by atoms with E-state index in [2.05, 4.69) is 4.98 Å². The van der Waals surface area contributed by atoms with Crippen molar-refractivity contribution in [2.24, 2.45) is 0 Å². The quantitative estimate of drug-likeness (QED) is 0.509. The van der Waals surface area contributed by atoms with E-state index in [1.807, 2.05) is 4.90 Å². The molecule has 0 spiro atoms. The van der Waals surface area contributed by atoms with E-state index < -0.39 is 23.4 Å². The molecular formula is C23H18F3N2NaO3. The van der Waals surface area contributed by atoms with Gasteiger partial charge in [-0.3, -0.25) is 4.98 Å². The van der Waals surface area contributed by atoms with Crippen LogP contribution in [0.4, 0.5) is 18.9 Å². The van der Waals surface area contributed by atoms with Crippen molar-refractivity contribution in [1.29, 1.82) is 0 Å². The van der Waals surface area contributed by atoms with Gasteiger partial charge in [0.15, 0.2) is 0 Å².